The van der Waals surface area contributed by atoms with E-state index in [9.17, 15) is 0 Å². The van der Waals surface area contributed by atoms with Crippen LogP contribution >= 0.6 is 0 Å². The van der Waals surface area contributed by atoms with E-state index in [4.69, 9.17) is 4.74 Å². The lowest BCUT2D eigenvalue weighted by molar-refractivity contribution is 0.411. The van der Waals surface area contributed by atoms with Crippen molar-refractivity contribution in [3.05, 3.63) is 77.6 Å². The summed E-state index contributed by atoms with van der Waals surface area (Å²) in [6, 6.07) is 16.5. The van der Waals surface area contributed by atoms with Crippen molar-refractivity contribution in [3.63, 3.8) is 0 Å². The van der Waals surface area contributed by atoms with Gasteiger partial charge in [-0.05, 0) is 54.7 Å². The number of benzene rings is 2. The molecule has 0 aliphatic heterocycles. The van der Waals surface area contributed by atoms with Crippen molar-refractivity contribution in [2.75, 3.05) is 27.2 Å². The third kappa shape index (κ3) is 5.85. The van der Waals surface area contributed by atoms with E-state index in [0.717, 1.165) is 48.9 Å². The molecule has 0 amide bonds. The normalized spacial score (nSPS) is 11.3. The molecule has 3 aromatic rings. The van der Waals surface area contributed by atoms with Gasteiger partial charge in [0.15, 0.2) is 5.96 Å². The smallest absolute Gasteiger partial charge is 0.190 e. The molecule has 0 radical (unpaired) electrons. The van der Waals surface area contributed by atoms with Gasteiger partial charge in [-0.15, -0.1) is 0 Å². The number of rotatable bonds is 8. The second kappa shape index (κ2) is 10.3. The first-order valence-electron chi connectivity index (χ1n) is 9.86. The molecule has 0 aliphatic carbocycles. The van der Waals surface area contributed by atoms with Crippen LogP contribution in [0, 0.1) is 6.92 Å². The fourth-order valence-electron chi connectivity index (χ4n) is 3.10. The standard InChI is InChI=1S/C23H29N5O/c1-18-9-10-19(15-22(18)29-3)11-13-25-23(24-2)26-14-12-20-16-27-28(17-20)21-7-5-4-6-8-21/h4-10,15-17H,11-14H2,1-3H3,(H2,24,25,26). The average molecular weight is 392 g/mol. The van der Waals surface area contributed by atoms with E-state index in [-0.39, 0.29) is 0 Å². The van der Waals surface area contributed by atoms with Gasteiger partial charge in [0.05, 0.1) is 19.0 Å². The van der Waals surface area contributed by atoms with Gasteiger partial charge in [0, 0.05) is 26.3 Å². The molecule has 1 aromatic heterocycles. The number of nitrogens with one attached hydrogen (secondary N) is 2. The van der Waals surface area contributed by atoms with Crippen molar-refractivity contribution < 1.29 is 4.74 Å². The summed E-state index contributed by atoms with van der Waals surface area (Å²) in [6.07, 6.45) is 5.76. The van der Waals surface area contributed by atoms with Crippen LogP contribution in [0.2, 0.25) is 0 Å². The fourth-order valence-corrected chi connectivity index (χ4v) is 3.10. The number of aromatic nitrogens is 2. The van der Waals surface area contributed by atoms with Crippen molar-refractivity contribution in [1.29, 1.82) is 0 Å². The number of aryl methyl sites for hydroxylation is 1. The highest BCUT2D eigenvalue weighted by Gasteiger charge is 2.03. The number of aliphatic imine (C=N–C) groups is 1. The Morgan fingerprint density at radius 1 is 1.03 bits per heavy atom. The van der Waals surface area contributed by atoms with Crippen molar-refractivity contribution in [2.24, 2.45) is 4.99 Å². The first kappa shape index (κ1) is 20.5. The predicted octanol–water partition coefficient (Wildman–Crippen LogP) is 3.14. The Morgan fingerprint density at radius 3 is 2.45 bits per heavy atom. The van der Waals surface area contributed by atoms with E-state index in [1.165, 1.54) is 11.1 Å². The molecule has 0 saturated heterocycles. The van der Waals surface area contributed by atoms with Gasteiger partial charge in [0.1, 0.15) is 5.75 Å². The molecular formula is C23H29N5O. The Hall–Kier alpha value is -3.28. The lowest BCUT2D eigenvalue weighted by Crippen LogP contribution is -2.39. The minimum absolute atomic E-state index is 0.790. The maximum Gasteiger partial charge on any atom is 0.190 e. The summed E-state index contributed by atoms with van der Waals surface area (Å²) in [4.78, 5) is 4.30. The van der Waals surface area contributed by atoms with E-state index < -0.39 is 0 Å². The van der Waals surface area contributed by atoms with Crippen molar-refractivity contribution >= 4 is 5.96 Å². The van der Waals surface area contributed by atoms with Gasteiger partial charge >= 0.3 is 0 Å². The van der Waals surface area contributed by atoms with Crippen molar-refractivity contribution in [2.45, 2.75) is 19.8 Å². The Labute approximate surface area is 172 Å². The minimum atomic E-state index is 0.790. The number of nitrogens with zero attached hydrogens (tertiary/aromatic N) is 3. The summed E-state index contributed by atoms with van der Waals surface area (Å²) in [5.74, 6) is 1.74. The topological polar surface area (TPSA) is 63.5 Å². The molecule has 152 valence electrons. The maximum atomic E-state index is 5.40. The van der Waals surface area contributed by atoms with E-state index in [1.54, 1.807) is 14.2 Å². The van der Waals surface area contributed by atoms with Gasteiger partial charge in [-0.2, -0.15) is 5.10 Å². The molecule has 0 fully saturated rings. The summed E-state index contributed by atoms with van der Waals surface area (Å²) >= 11 is 0. The minimum Gasteiger partial charge on any atom is -0.496 e. The van der Waals surface area contributed by atoms with Crippen LogP contribution in [0.15, 0.2) is 65.9 Å². The lowest BCUT2D eigenvalue weighted by atomic mass is 10.1. The molecule has 0 aliphatic rings. The average Bonchev–Trinajstić information content (AvgIpc) is 3.23. The lowest BCUT2D eigenvalue weighted by Gasteiger charge is -2.12. The Kier molecular flexibility index (Phi) is 7.28. The zero-order chi connectivity index (χ0) is 20.5. The third-order valence-corrected chi connectivity index (χ3v) is 4.77. The van der Waals surface area contributed by atoms with E-state index in [1.807, 2.05) is 41.2 Å². The fraction of sp³-hybridized carbons (Fsp3) is 0.304. The van der Waals surface area contributed by atoms with Crippen LogP contribution in [0.5, 0.6) is 5.75 Å². The number of para-hydroxylation sites is 1. The van der Waals surface area contributed by atoms with Crippen LogP contribution in [0.1, 0.15) is 16.7 Å². The van der Waals surface area contributed by atoms with Crippen LogP contribution in [-0.4, -0.2) is 43.0 Å². The molecule has 0 bridgehead atoms. The molecule has 0 unspecified atom stereocenters. The third-order valence-electron chi connectivity index (χ3n) is 4.77. The van der Waals surface area contributed by atoms with Crippen molar-refractivity contribution in [3.8, 4) is 11.4 Å². The van der Waals surface area contributed by atoms with Crippen LogP contribution in [-0.2, 0) is 12.8 Å². The van der Waals surface area contributed by atoms with Gasteiger partial charge in [-0.3, -0.25) is 4.99 Å². The van der Waals surface area contributed by atoms with E-state index in [2.05, 4.69) is 52.0 Å². The molecule has 2 N–H and O–H groups in total. The molecule has 29 heavy (non-hydrogen) atoms. The number of methoxy groups -OCH3 is 1. The Bertz CT molecular complexity index is 933. The van der Waals surface area contributed by atoms with Gasteiger partial charge in [-0.1, -0.05) is 30.3 Å². The van der Waals surface area contributed by atoms with Gasteiger partial charge in [-0.25, -0.2) is 4.68 Å². The van der Waals surface area contributed by atoms with E-state index in [0.29, 0.717) is 0 Å². The van der Waals surface area contributed by atoms with Crippen LogP contribution < -0.4 is 15.4 Å². The number of hydrogen-bond donors (Lipinski definition) is 2. The van der Waals surface area contributed by atoms with Crippen LogP contribution in [0.4, 0.5) is 0 Å². The first-order valence-corrected chi connectivity index (χ1v) is 9.86. The monoisotopic (exact) mass is 391 g/mol. The molecule has 6 nitrogen and oxygen atoms in total. The zero-order valence-corrected chi connectivity index (χ0v) is 17.4. The Morgan fingerprint density at radius 2 is 1.76 bits per heavy atom. The second-order valence-electron chi connectivity index (χ2n) is 6.86. The first-order chi connectivity index (χ1) is 14.2. The highest BCUT2D eigenvalue weighted by Crippen LogP contribution is 2.19. The second-order valence-corrected chi connectivity index (χ2v) is 6.86. The molecular weight excluding hydrogens is 362 g/mol. The molecule has 2 aromatic carbocycles. The summed E-state index contributed by atoms with van der Waals surface area (Å²) < 4.78 is 7.30. The van der Waals surface area contributed by atoms with Crippen LogP contribution in [0.3, 0.4) is 0 Å². The highest BCUT2D eigenvalue weighted by molar-refractivity contribution is 5.79. The number of guanidine groups is 1. The van der Waals surface area contributed by atoms with Gasteiger partial charge < -0.3 is 15.4 Å². The summed E-state index contributed by atoms with van der Waals surface area (Å²) in [7, 11) is 3.50. The largest absolute Gasteiger partial charge is 0.496 e. The quantitative estimate of drug-likeness (QED) is 0.457. The van der Waals surface area contributed by atoms with Gasteiger partial charge in [0.2, 0.25) is 0 Å². The highest BCUT2D eigenvalue weighted by atomic mass is 16.5. The molecule has 0 saturated carbocycles. The molecule has 6 heteroatoms. The Balaban J connectivity index is 1.42. The van der Waals surface area contributed by atoms with Gasteiger partial charge in [0.25, 0.3) is 0 Å². The summed E-state index contributed by atoms with van der Waals surface area (Å²) in [5, 5.41) is 11.2. The van der Waals surface area contributed by atoms with Crippen molar-refractivity contribution in [1.82, 2.24) is 20.4 Å². The SMILES string of the molecule is CN=C(NCCc1ccc(C)c(OC)c1)NCCc1cnn(-c2ccccc2)c1. The summed E-state index contributed by atoms with van der Waals surface area (Å²) in [5.41, 5.74) is 4.64. The zero-order valence-electron chi connectivity index (χ0n) is 17.4. The molecule has 0 spiro atoms. The van der Waals surface area contributed by atoms with E-state index >= 15 is 0 Å². The summed E-state index contributed by atoms with van der Waals surface area (Å²) in [6.45, 7) is 3.65. The van der Waals surface area contributed by atoms with Crippen LogP contribution in [0.25, 0.3) is 5.69 Å². The predicted molar refractivity (Wildman–Crippen MR) is 118 cm³/mol. The molecule has 0 atom stereocenters. The number of ether oxygens (including phenoxy) is 1. The molecule has 3 rings (SSSR count). The maximum absolute atomic E-state index is 5.40. The molecule has 1 heterocycles. The number of hydrogen-bond acceptors (Lipinski definition) is 3.